The molecule has 2 aromatic rings. The SMILES string of the molecule is O=C(COc1ccc2c(c1)CCC2)N1CCC(O)(Cn2ccnn2)C1. The molecule has 1 saturated heterocycles. The summed E-state index contributed by atoms with van der Waals surface area (Å²) in [7, 11) is 0. The molecule has 0 saturated carbocycles. The van der Waals surface area contributed by atoms with Gasteiger partial charge in [-0.1, -0.05) is 11.3 Å². The Kier molecular flexibility index (Phi) is 4.17. The van der Waals surface area contributed by atoms with E-state index in [0.717, 1.165) is 18.6 Å². The van der Waals surface area contributed by atoms with Crippen molar-refractivity contribution in [3.05, 3.63) is 41.7 Å². The highest BCUT2D eigenvalue weighted by molar-refractivity contribution is 5.78. The third kappa shape index (κ3) is 3.51. The minimum Gasteiger partial charge on any atom is -0.484 e. The van der Waals surface area contributed by atoms with Crippen LogP contribution < -0.4 is 4.74 Å². The van der Waals surface area contributed by atoms with Gasteiger partial charge in [0.1, 0.15) is 11.4 Å². The zero-order valence-electron chi connectivity index (χ0n) is 14.1. The van der Waals surface area contributed by atoms with Crippen molar-refractivity contribution >= 4 is 5.91 Å². The first-order chi connectivity index (χ1) is 12.1. The van der Waals surface area contributed by atoms with E-state index >= 15 is 0 Å². The van der Waals surface area contributed by atoms with E-state index in [4.69, 9.17) is 4.74 Å². The number of β-amino-alcohol motifs (C(OH)–C–C–N with tert-alkyl or cyclic N) is 1. The predicted molar refractivity (Wildman–Crippen MR) is 90.1 cm³/mol. The Hall–Kier alpha value is -2.41. The molecule has 1 unspecified atom stereocenters. The molecule has 0 bridgehead atoms. The summed E-state index contributed by atoms with van der Waals surface area (Å²) in [5, 5.41) is 18.3. The van der Waals surface area contributed by atoms with Crippen LogP contribution in [-0.2, 0) is 24.2 Å². The number of aryl methyl sites for hydroxylation is 2. The Morgan fingerprint density at radius 3 is 3.04 bits per heavy atom. The van der Waals surface area contributed by atoms with Gasteiger partial charge in [-0.2, -0.15) is 0 Å². The number of carbonyl (C=O) groups is 1. The maximum atomic E-state index is 12.4. The molecule has 1 N–H and O–H groups in total. The quantitative estimate of drug-likeness (QED) is 0.870. The number of rotatable bonds is 5. The fraction of sp³-hybridized carbons (Fsp3) is 0.500. The van der Waals surface area contributed by atoms with Crippen molar-refractivity contribution in [2.75, 3.05) is 19.7 Å². The van der Waals surface area contributed by atoms with Crippen molar-refractivity contribution in [3.8, 4) is 5.75 Å². The van der Waals surface area contributed by atoms with Gasteiger partial charge >= 0.3 is 0 Å². The van der Waals surface area contributed by atoms with Gasteiger partial charge in [0.15, 0.2) is 6.61 Å². The van der Waals surface area contributed by atoms with Crippen LogP contribution in [0.3, 0.4) is 0 Å². The molecule has 1 atom stereocenters. The summed E-state index contributed by atoms with van der Waals surface area (Å²) in [6.45, 7) is 1.15. The van der Waals surface area contributed by atoms with Crippen LogP contribution in [0, 0.1) is 0 Å². The molecule has 1 aromatic heterocycles. The Labute approximate surface area is 146 Å². The number of hydrogen-bond acceptors (Lipinski definition) is 5. The van der Waals surface area contributed by atoms with Crippen molar-refractivity contribution in [1.82, 2.24) is 19.9 Å². The second-order valence-corrected chi connectivity index (χ2v) is 6.96. The number of amides is 1. The van der Waals surface area contributed by atoms with Gasteiger partial charge in [-0.25, -0.2) is 4.68 Å². The van der Waals surface area contributed by atoms with E-state index in [-0.39, 0.29) is 12.5 Å². The molecule has 7 heteroatoms. The van der Waals surface area contributed by atoms with Crippen LogP contribution >= 0.6 is 0 Å². The number of aromatic nitrogens is 3. The summed E-state index contributed by atoms with van der Waals surface area (Å²) < 4.78 is 7.27. The average molecular weight is 342 g/mol. The smallest absolute Gasteiger partial charge is 0.260 e. The molecule has 0 spiro atoms. The van der Waals surface area contributed by atoms with E-state index in [2.05, 4.69) is 16.4 Å². The largest absolute Gasteiger partial charge is 0.484 e. The lowest BCUT2D eigenvalue weighted by molar-refractivity contribution is -0.133. The van der Waals surface area contributed by atoms with Crippen LogP contribution in [0.15, 0.2) is 30.6 Å². The standard InChI is InChI=1S/C18H22N4O3/c23-17(11-25-16-5-4-14-2-1-3-15(14)10-16)21-8-6-18(24,12-21)13-22-9-7-19-20-22/h4-5,7,9-10,24H,1-3,6,8,11-13H2. The molecule has 25 heavy (non-hydrogen) atoms. The third-order valence-electron chi connectivity index (χ3n) is 5.05. The zero-order valence-corrected chi connectivity index (χ0v) is 14.1. The number of benzene rings is 1. The second-order valence-electron chi connectivity index (χ2n) is 6.96. The fourth-order valence-corrected chi connectivity index (χ4v) is 3.69. The molecular formula is C18H22N4O3. The first kappa shape index (κ1) is 16.1. The van der Waals surface area contributed by atoms with Gasteiger partial charge in [0.2, 0.25) is 0 Å². The second kappa shape index (κ2) is 6.48. The monoisotopic (exact) mass is 342 g/mol. The zero-order chi connectivity index (χ0) is 17.3. The molecule has 1 aromatic carbocycles. The number of nitrogens with zero attached hydrogens (tertiary/aromatic N) is 4. The van der Waals surface area contributed by atoms with Crippen LogP contribution in [0.5, 0.6) is 5.75 Å². The fourth-order valence-electron chi connectivity index (χ4n) is 3.69. The minimum atomic E-state index is -0.961. The van der Waals surface area contributed by atoms with Crippen LogP contribution in [0.1, 0.15) is 24.0 Å². The summed E-state index contributed by atoms with van der Waals surface area (Å²) >= 11 is 0. The van der Waals surface area contributed by atoms with E-state index in [1.807, 2.05) is 12.1 Å². The molecular weight excluding hydrogens is 320 g/mol. The summed E-state index contributed by atoms with van der Waals surface area (Å²) in [5.74, 6) is 0.640. The van der Waals surface area contributed by atoms with Crippen LogP contribution in [0.25, 0.3) is 0 Å². The van der Waals surface area contributed by atoms with Gasteiger partial charge in [0.05, 0.1) is 19.3 Å². The first-order valence-corrected chi connectivity index (χ1v) is 8.70. The molecule has 0 radical (unpaired) electrons. The number of aliphatic hydroxyl groups is 1. The van der Waals surface area contributed by atoms with Gasteiger partial charge in [-0.15, -0.1) is 5.10 Å². The van der Waals surface area contributed by atoms with Gasteiger partial charge < -0.3 is 14.7 Å². The van der Waals surface area contributed by atoms with Crippen LogP contribution in [0.4, 0.5) is 0 Å². The van der Waals surface area contributed by atoms with Crippen molar-refractivity contribution in [2.45, 2.75) is 37.8 Å². The lowest BCUT2D eigenvalue weighted by Gasteiger charge is -2.23. The van der Waals surface area contributed by atoms with Crippen molar-refractivity contribution < 1.29 is 14.6 Å². The Morgan fingerprint density at radius 1 is 1.32 bits per heavy atom. The lowest BCUT2D eigenvalue weighted by atomic mass is 10.0. The first-order valence-electron chi connectivity index (χ1n) is 8.70. The number of hydrogen-bond donors (Lipinski definition) is 1. The van der Waals surface area contributed by atoms with Gasteiger partial charge in [0, 0.05) is 12.7 Å². The lowest BCUT2D eigenvalue weighted by Crippen LogP contribution is -2.40. The van der Waals surface area contributed by atoms with Crippen LogP contribution in [-0.4, -0.2) is 56.2 Å². The van der Waals surface area contributed by atoms with E-state index in [1.54, 1.807) is 22.0 Å². The molecule has 132 valence electrons. The van der Waals surface area contributed by atoms with E-state index < -0.39 is 5.60 Å². The van der Waals surface area contributed by atoms with E-state index in [9.17, 15) is 9.90 Å². The van der Waals surface area contributed by atoms with E-state index in [1.165, 1.54) is 17.5 Å². The Morgan fingerprint density at radius 2 is 2.20 bits per heavy atom. The molecule has 2 aliphatic rings. The molecule has 1 aliphatic heterocycles. The van der Waals surface area contributed by atoms with Crippen molar-refractivity contribution in [3.63, 3.8) is 0 Å². The molecule has 4 rings (SSSR count). The highest BCUT2D eigenvalue weighted by Crippen LogP contribution is 2.26. The normalized spacial score (nSPS) is 22.2. The molecule has 1 aliphatic carbocycles. The minimum absolute atomic E-state index is 0.00179. The molecule has 7 nitrogen and oxygen atoms in total. The molecule has 2 heterocycles. The number of carbonyl (C=O) groups excluding carboxylic acids is 1. The Bertz CT molecular complexity index is 762. The predicted octanol–water partition coefficient (Wildman–Crippen LogP) is 0.809. The van der Waals surface area contributed by atoms with Gasteiger partial charge in [-0.05, 0) is 48.9 Å². The Balaban J connectivity index is 1.31. The van der Waals surface area contributed by atoms with E-state index in [0.29, 0.717) is 26.1 Å². The average Bonchev–Trinajstić information content (AvgIpc) is 3.33. The number of likely N-dealkylation sites (tertiary alicyclic amines) is 1. The van der Waals surface area contributed by atoms with Gasteiger partial charge in [-0.3, -0.25) is 4.79 Å². The summed E-state index contributed by atoms with van der Waals surface area (Å²) in [6.07, 6.45) is 7.22. The number of fused-ring (bicyclic) bond motifs is 1. The summed E-state index contributed by atoms with van der Waals surface area (Å²) in [5.41, 5.74) is 1.75. The highest BCUT2D eigenvalue weighted by atomic mass is 16.5. The summed E-state index contributed by atoms with van der Waals surface area (Å²) in [6, 6.07) is 6.07. The van der Waals surface area contributed by atoms with Crippen molar-refractivity contribution in [1.29, 1.82) is 0 Å². The highest BCUT2D eigenvalue weighted by Gasteiger charge is 2.38. The summed E-state index contributed by atoms with van der Waals surface area (Å²) in [4.78, 5) is 14.1. The van der Waals surface area contributed by atoms with Crippen LogP contribution in [0.2, 0.25) is 0 Å². The third-order valence-corrected chi connectivity index (χ3v) is 5.05. The molecule has 1 fully saturated rings. The maximum absolute atomic E-state index is 12.4. The molecule has 1 amide bonds. The topological polar surface area (TPSA) is 80.5 Å². The maximum Gasteiger partial charge on any atom is 0.260 e. The van der Waals surface area contributed by atoms with Gasteiger partial charge in [0.25, 0.3) is 5.91 Å². The van der Waals surface area contributed by atoms with Crippen molar-refractivity contribution in [2.24, 2.45) is 0 Å². The number of ether oxygens (including phenoxy) is 1.